The zero-order valence-corrected chi connectivity index (χ0v) is 5.17. The molecule has 0 aromatic carbocycles. The summed E-state index contributed by atoms with van der Waals surface area (Å²) in [5, 5.41) is 7.94. The topological polar surface area (TPSA) is 63.6 Å². The van der Waals surface area contributed by atoms with Crippen molar-refractivity contribution in [3.8, 4) is 0 Å². The lowest BCUT2D eigenvalue weighted by Gasteiger charge is -1.83. The second-order valence-corrected chi connectivity index (χ2v) is 1.26. The van der Waals surface area contributed by atoms with Gasteiger partial charge >= 0.3 is 11.9 Å². The van der Waals surface area contributed by atoms with Crippen LogP contribution in [0.5, 0.6) is 0 Å². The Hall–Kier alpha value is -0.970. The minimum atomic E-state index is -1.20. The van der Waals surface area contributed by atoms with Gasteiger partial charge in [0.15, 0.2) is 0 Å². The van der Waals surface area contributed by atoms with Crippen LogP contribution in [0.15, 0.2) is 12.2 Å². The Morgan fingerprint density at radius 2 is 2.00 bits per heavy atom. The van der Waals surface area contributed by atoms with Crippen LogP contribution in [0.3, 0.4) is 0 Å². The lowest BCUT2D eigenvalue weighted by atomic mass is 10.5. The molecule has 0 saturated heterocycles. The summed E-state index contributed by atoms with van der Waals surface area (Å²) in [6.45, 7) is 0. The number of carbonyl (C=O) groups excluding carboxylic acids is 1. The minimum absolute atomic E-state index is 0.665. The maximum Gasteiger partial charge on any atom is 0.342 e. The van der Waals surface area contributed by atoms with E-state index in [0.29, 0.717) is 6.08 Å². The molecule has 0 aromatic rings. The summed E-state index contributed by atoms with van der Waals surface area (Å²) in [7, 11) is 0. The van der Waals surface area contributed by atoms with Crippen LogP contribution >= 0.6 is 12.9 Å². The second-order valence-electron chi connectivity index (χ2n) is 1.08. The molecule has 4 nitrogen and oxygen atoms in total. The third-order valence-corrected chi connectivity index (χ3v) is 0.632. The highest BCUT2D eigenvalue weighted by Gasteiger charge is 1.92. The molecule has 0 amide bonds. The number of aliphatic carboxylic acids is 1. The van der Waals surface area contributed by atoms with Crippen molar-refractivity contribution in [3.05, 3.63) is 12.2 Å². The maximum atomic E-state index is 10.1. The van der Waals surface area contributed by atoms with Gasteiger partial charge in [0.25, 0.3) is 0 Å². The molecule has 0 spiro atoms. The second kappa shape index (κ2) is 3.96. The molecular weight excluding hydrogens is 144 g/mol. The van der Waals surface area contributed by atoms with E-state index < -0.39 is 11.9 Å². The van der Waals surface area contributed by atoms with Crippen molar-refractivity contribution in [1.82, 2.24) is 0 Å². The van der Waals surface area contributed by atoms with E-state index in [9.17, 15) is 9.59 Å². The van der Waals surface area contributed by atoms with E-state index in [-0.39, 0.29) is 0 Å². The van der Waals surface area contributed by atoms with Gasteiger partial charge in [-0.05, 0) is 0 Å². The Bertz CT molecular complexity index is 151. The first-order valence-corrected chi connectivity index (χ1v) is 2.29. The smallest absolute Gasteiger partial charge is 0.342 e. The minimum Gasteiger partial charge on any atom is -0.478 e. The molecular formula is C4H4O4S. The van der Waals surface area contributed by atoms with Crippen molar-refractivity contribution in [1.29, 1.82) is 0 Å². The summed E-state index contributed by atoms with van der Waals surface area (Å²) in [4.78, 5) is 19.8. The van der Waals surface area contributed by atoms with Crippen LogP contribution in [0, 0.1) is 0 Å². The van der Waals surface area contributed by atoms with Gasteiger partial charge in [0, 0.05) is 25.1 Å². The average Bonchev–Trinajstić information content (AvgIpc) is 1.83. The number of rotatable bonds is 2. The van der Waals surface area contributed by atoms with Crippen LogP contribution in [-0.2, 0) is 13.8 Å². The van der Waals surface area contributed by atoms with Crippen LogP contribution in [0.1, 0.15) is 0 Å². The molecule has 0 atom stereocenters. The summed E-state index contributed by atoms with van der Waals surface area (Å²) in [6, 6.07) is 0. The van der Waals surface area contributed by atoms with Crippen LogP contribution in [-0.4, -0.2) is 17.0 Å². The third-order valence-electron chi connectivity index (χ3n) is 0.452. The van der Waals surface area contributed by atoms with Gasteiger partial charge < -0.3 is 9.29 Å². The Kier molecular flexibility index (Phi) is 3.54. The van der Waals surface area contributed by atoms with Crippen molar-refractivity contribution >= 4 is 24.8 Å². The van der Waals surface area contributed by atoms with Crippen LogP contribution < -0.4 is 0 Å². The molecule has 5 heteroatoms. The van der Waals surface area contributed by atoms with Crippen LogP contribution in [0.25, 0.3) is 0 Å². The van der Waals surface area contributed by atoms with E-state index in [4.69, 9.17) is 5.11 Å². The molecule has 0 bridgehead atoms. The van der Waals surface area contributed by atoms with Gasteiger partial charge in [-0.25, -0.2) is 9.59 Å². The monoisotopic (exact) mass is 148 g/mol. The number of carboxylic acids is 1. The number of carbonyl (C=O) groups is 2. The maximum absolute atomic E-state index is 10.1. The van der Waals surface area contributed by atoms with E-state index >= 15 is 0 Å². The SMILES string of the molecule is O=C(O)/C=C/C(=O)OS. The Morgan fingerprint density at radius 3 is 2.33 bits per heavy atom. The number of hydrogen-bond donors (Lipinski definition) is 2. The molecule has 0 saturated carbocycles. The Morgan fingerprint density at radius 1 is 1.44 bits per heavy atom. The fourth-order valence-electron chi connectivity index (χ4n) is 0.170. The van der Waals surface area contributed by atoms with Gasteiger partial charge in [0.1, 0.15) is 0 Å². The summed E-state index contributed by atoms with van der Waals surface area (Å²) in [6.07, 6.45) is 1.42. The van der Waals surface area contributed by atoms with Crippen molar-refractivity contribution in [2.45, 2.75) is 0 Å². The van der Waals surface area contributed by atoms with Crippen molar-refractivity contribution in [2.75, 3.05) is 0 Å². The van der Waals surface area contributed by atoms with Crippen LogP contribution in [0.4, 0.5) is 0 Å². The molecule has 0 radical (unpaired) electrons. The standard InChI is InChI=1S/C4H4O4S/c5-3(6)1-2-4(7)8-9/h1-2,9H,(H,5,6)/b2-1+. The van der Waals surface area contributed by atoms with E-state index in [0.717, 1.165) is 6.08 Å². The molecule has 0 aliphatic carbocycles. The molecule has 1 N–H and O–H groups in total. The average molecular weight is 148 g/mol. The zero-order chi connectivity index (χ0) is 7.28. The summed E-state index contributed by atoms with van der Waals surface area (Å²) < 4.78 is 3.81. The van der Waals surface area contributed by atoms with Crippen molar-refractivity contribution in [3.63, 3.8) is 0 Å². The molecule has 0 fully saturated rings. The molecule has 0 aliphatic rings. The lowest BCUT2D eigenvalue weighted by Crippen LogP contribution is -1.93. The fourth-order valence-corrected chi connectivity index (χ4v) is 0.231. The van der Waals surface area contributed by atoms with Gasteiger partial charge in [0.05, 0.1) is 0 Å². The van der Waals surface area contributed by atoms with Crippen molar-refractivity contribution in [2.24, 2.45) is 0 Å². The number of hydrogen-bond acceptors (Lipinski definition) is 4. The first-order chi connectivity index (χ1) is 4.16. The van der Waals surface area contributed by atoms with E-state index in [1.165, 1.54) is 0 Å². The first-order valence-electron chi connectivity index (χ1n) is 1.93. The quantitative estimate of drug-likeness (QED) is 0.329. The number of thiol groups is 1. The normalized spacial score (nSPS) is 9.44. The lowest BCUT2D eigenvalue weighted by molar-refractivity contribution is -0.132. The highest BCUT2D eigenvalue weighted by molar-refractivity contribution is 7.75. The van der Waals surface area contributed by atoms with Crippen molar-refractivity contribution < 1.29 is 18.9 Å². The third kappa shape index (κ3) is 4.89. The highest BCUT2D eigenvalue weighted by Crippen LogP contribution is 1.83. The Balaban J connectivity index is 3.71. The van der Waals surface area contributed by atoms with Gasteiger partial charge in [-0.2, -0.15) is 0 Å². The summed E-state index contributed by atoms with van der Waals surface area (Å²) >= 11 is 3.12. The largest absolute Gasteiger partial charge is 0.478 e. The van der Waals surface area contributed by atoms with Crippen LogP contribution in [0.2, 0.25) is 0 Å². The molecule has 0 heterocycles. The van der Waals surface area contributed by atoms with Gasteiger partial charge in [-0.15, -0.1) is 0 Å². The van der Waals surface area contributed by atoms with E-state index in [1.807, 2.05) is 0 Å². The molecule has 0 aliphatic heterocycles. The summed E-state index contributed by atoms with van der Waals surface area (Å²) in [5.41, 5.74) is 0. The number of carboxylic acid groups (broad SMARTS) is 1. The molecule has 0 aromatic heterocycles. The first kappa shape index (κ1) is 8.03. The zero-order valence-electron chi connectivity index (χ0n) is 4.27. The van der Waals surface area contributed by atoms with E-state index in [2.05, 4.69) is 17.1 Å². The molecule has 9 heavy (non-hydrogen) atoms. The molecule has 0 rings (SSSR count). The van der Waals surface area contributed by atoms with Gasteiger partial charge in [-0.3, -0.25) is 0 Å². The fraction of sp³-hybridized carbons (Fsp3) is 0. The predicted octanol–water partition coefficient (Wildman–Crippen LogP) is 0.0152. The molecule has 50 valence electrons. The molecule has 0 unspecified atom stereocenters. The van der Waals surface area contributed by atoms with Gasteiger partial charge in [-0.1, -0.05) is 0 Å². The van der Waals surface area contributed by atoms with Gasteiger partial charge in [0.2, 0.25) is 0 Å². The van der Waals surface area contributed by atoms with E-state index in [1.54, 1.807) is 0 Å². The predicted molar refractivity (Wildman–Crippen MR) is 31.9 cm³/mol. The highest BCUT2D eigenvalue weighted by atomic mass is 32.1. The Labute approximate surface area is 56.7 Å². The summed E-state index contributed by atoms with van der Waals surface area (Å²) in [5.74, 6) is -2.01.